The van der Waals surface area contributed by atoms with Gasteiger partial charge in [0.2, 0.25) is 0 Å². The highest BCUT2D eigenvalue weighted by Gasteiger charge is 2.25. The number of hydrogen-bond donors (Lipinski definition) is 1. The lowest BCUT2D eigenvalue weighted by Gasteiger charge is -2.35. The number of fused-ring (bicyclic) bond motifs is 1. The van der Waals surface area contributed by atoms with Gasteiger partial charge in [0.05, 0.1) is 13.2 Å². The number of rotatable bonds is 6. The van der Waals surface area contributed by atoms with E-state index in [2.05, 4.69) is 51.3 Å². The number of carbonyl (C=O) groups excluding carboxylic acids is 1. The first-order valence-corrected chi connectivity index (χ1v) is 10.4. The van der Waals surface area contributed by atoms with Gasteiger partial charge >= 0.3 is 0 Å². The van der Waals surface area contributed by atoms with Crippen LogP contribution in [-0.4, -0.2) is 31.0 Å². The monoisotopic (exact) mass is 392 g/mol. The molecule has 0 radical (unpaired) electrons. The molecule has 1 amide bonds. The molecule has 28 heavy (non-hydrogen) atoms. The van der Waals surface area contributed by atoms with Crippen LogP contribution in [0.5, 0.6) is 5.75 Å². The van der Waals surface area contributed by atoms with Crippen LogP contribution < -0.4 is 10.1 Å². The van der Waals surface area contributed by atoms with Crippen molar-refractivity contribution < 1.29 is 9.53 Å². The fourth-order valence-electron chi connectivity index (χ4n) is 3.74. The molecule has 0 saturated carbocycles. The summed E-state index contributed by atoms with van der Waals surface area (Å²) in [7, 11) is 1.62. The molecule has 0 fully saturated rings. The highest BCUT2D eigenvalue weighted by atomic mass is 32.1. The van der Waals surface area contributed by atoms with E-state index in [9.17, 15) is 4.79 Å². The molecule has 4 rings (SSSR count). The predicted octanol–water partition coefficient (Wildman–Crippen LogP) is 4.29. The molecule has 3 aromatic rings. The van der Waals surface area contributed by atoms with Gasteiger partial charge in [0.1, 0.15) is 5.75 Å². The standard InChI is InChI=1S/C23H24N2O2S/c1-27-21-8-6-18(7-9-21)23(26)24-14-22(20-11-13-28-16-20)25-12-10-17-4-2-3-5-19(17)15-25/h2-9,11,13,16,22H,10,12,14-15H2,1H3,(H,24,26)/t22-/m0/s1. The van der Waals surface area contributed by atoms with Gasteiger partial charge in [-0.05, 0) is 64.2 Å². The molecule has 1 aliphatic heterocycles. The zero-order valence-corrected chi connectivity index (χ0v) is 16.7. The van der Waals surface area contributed by atoms with Gasteiger partial charge in [-0.25, -0.2) is 0 Å². The minimum Gasteiger partial charge on any atom is -0.497 e. The van der Waals surface area contributed by atoms with Crippen molar-refractivity contribution in [2.75, 3.05) is 20.2 Å². The van der Waals surface area contributed by atoms with Gasteiger partial charge in [0, 0.05) is 25.2 Å². The summed E-state index contributed by atoms with van der Waals surface area (Å²) in [5.41, 5.74) is 4.73. The summed E-state index contributed by atoms with van der Waals surface area (Å²) in [5, 5.41) is 7.42. The Morgan fingerprint density at radius 2 is 1.93 bits per heavy atom. The second-order valence-electron chi connectivity index (χ2n) is 7.00. The Kier molecular flexibility index (Phi) is 5.74. The molecule has 0 bridgehead atoms. The minimum absolute atomic E-state index is 0.0553. The fraction of sp³-hybridized carbons (Fsp3) is 0.261. The average molecular weight is 393 g/mol. The lowest BCUT2D eigenvalue weighted by molar-refractivity contribution is 0.0928. The number of benzene rings is 2. The molecule has 144 valence electrons. The number of nitrogens with zero attached hydrogens (tertiary/aromatic N) is 1. The number of ether oxygens (including phenoxy) is 1. The molecule has 0 spiro atoms. The molecule has 0 unspecified atom stereocenters. The molecule has 1 aliphatic rings. The van der Waals surface area contributed by atoms with Crippen molar-refractivity contribution in [2.24, 2.45) is 0 Å². The van der Waals surface area contributed by atoms with Crippen molar-refractivity contribution in [3.8, 4) is 5.75 Å². The molecule has 0 aliphatic carbocycles. The number of thiophene rings is 1. The van der Waals surface area contributed by atoms with Crippen LogP contribution in [0, 0.1) is 0 Å². The lowest BCUT2D eigenvalue weighted by atomic mass is 9.97. The van der Waals surface area contributed by atoms with Crippen molar-refractivity contribution in [1.82, 2.24) is 10.2 Å². The van der Waals surface area contributed by atoms with Gasteiger partial charge in [-0.2, -0.15) is 11.3 Å². The summed E-state index contributed by atoms with van der Waals surface area (Å²) in [4.78, 5) is 15.1. The van der Waals surface area contributed by atoms with Crippen molar-refractivity contribution in [1.29, 1.82) is 0 Å². The maximum atomic E-state index is 12.6. The molecule has 1 atom stereocenters. The SMILES string of the molecule is COc1ccc(C(=O)NC[C@@H](c2ccsc2)N2CCc3ccccc3C2)cc1. The van der Waals surface area contributed by atoms with Gasteiger partial charge in [0.15, 0.2) is 0 Å². The van der Waals surface area contributed by atoms with Crippen LogP contribution in [-0.2, 0) is 13.0 Å². The van der Waals surface area contributed by atoms with E-state index in [1.807, 2.05) is 12.1 Å². The van der Waals surface area contributed by atoms with Gasteiger partial charge in [0.25, 0.3) is 5.91 Å². The largest absolute Gasteiger partial charge is 0.497 e. The Bertz CT molecular complexity index is 922. The molecular formula is C23H24N2O2S. The predicted molar refractivity (Wildman–Crippen MR) is 113 cm³/mol. The molecule has 1 aromatic heterocycles. The van der Waals surface area contributed by atoms with Crippen LogP contribution in [0.25, 0.3) is 0 Å². The van der Waals surface area contributed by atoms with E-state index in [1.165, 1.54) is 16.7 Å². The minimum atomic E-state index is -0.0553. The Labute approximate surface area is 169 Å². The first-order chi connectivity index (χ1) is 13.7. The lowest BCUT2D eigenvalue weighted by Crippen LogP contribution is -2.40. The van der Waals surface area contributed by atoms with Crippen molar-refractivity contribution in [3.05, 3.63) is 87.6 Å². The quantitative estimate of drug-likeness (QED) is 0.681. The molecule has 2 heterocycles. The zero-order valence-electron chi connectivity index (χ0n) is 15.9. The first kappa shape index (κ1) is 18.7. The van der Waals surface area contributed by atoms with Crippen LogP contribution in [0.1, 0.15) is 33.1 Å². The van der Waals surface area contributed by atoms with Gasteiger partial charge in [-0.15, -0.1) is 0 Å². The van der Waals surface area contributed by atoms with Crippen molar-refractivity contribution in [2.45, 2.75) is 19.0 Å². The fourth-order valence-corrected chi connectivity index (χ4v) is 4.45. The van der Waals surface area contributed by atoms with E-state index in [0.717, 1.165) is 25.3 Å². The topological polar surface area (TPSA) is 41.6 Å². The van der Waals surface area contributed by atoms with Crippen LogP contribution in [0.4, 0.5) is 0 Å². The highest BCUT2D eigenvalue weighted by molar-refractivity contribution is 7.07. The number of nitrogens with one attached hydrogen (secondary N) is 1. The van der Waals surface area contributed by atoms with Crippen molar-refractivity contribution in [3.63, 3.8) is 0 Å². The zero-order chi connectivity index (χ0) is 19.3. The Hall–Kier alpha value is -2.63. The smallest absolute Gasteiger partial charge is 0.251 e. The number of carbonyl (C=O) groups is 1. The number of methoxy groups -OCH3 is 1. The maximum absolute atomic E-state index is 12.6. The summed E-state index contributed by atoms with van der Waals surface area (Å²) < 4.78 is 5.17. The van der Waals surface area contributed by atoms with E-state index in [4.69, 9.17) is 4.74 Å². The Balaban J connectivity index is 1.47. The maximum Gasteiger partial charge on any atom is 0.251 e. The number of amides is 1. The molecule has 5 heteroatoms. The molecular weight excluding hydrogens is 368 g/mol. The van der Waals surface area contributed by atoms with Gasteiger partial charge in [-0.3, -0.25) is 9.69 Å². The summed E-state index contributed by atoms with van der Waals surface area (Å²) in [5.74, 6) is 0.694. The molecule has 2 aromatic carbocycles. The Morgan fingerprint density at radius 3 is 2.64 bits per heavy atom. The summed E-state index contributed by atoms with van der Waals surface area (Å²) >= 11 is 1.70. The van der Waals surface area contributed by atoms with Gasteiger partial charge < -0.3 is 10.1 Å². The van der Waals surface area contributed by atoms with Crippen LogP contribution in [0.3, 0.4) is 0 Å². The van der Waals surface area contributed by atoms with Crippen LogP contribution >= 0.6 is 11.3 Å². The third-order valence-corrected chi connectivity index (χ3v) is 6.04. The van der Waals surface area contributed by atoms with E-state index in [1.54, 1.807) is 30.6 Å². The molecule has 4 nitrogen and oxygen atoms in total. The summed E-state index contributed by atoms with van der Waals surface area (Å²) in [6.07, 6.45) is 1.04. The average Bonchev–Trinajstić information content (AvgIpc) is 3.28. The van der Waals surface area contributed by atoms with E-state index in [0.29, 0.717) is 12.1 Å². The number of hydrogen-bond acceptors (Lipinski definition) is 4. The molecule has 1 N–H and O–H groups in total. The Morgan fingerprint density at radius 1 is 1.14 bits per heavy atom. The van der Waals surface area contributed by atoms with E-state index < -0.39 is 0 Å². The molecule has 0 saturated heterocycles. The summed E-state index contributed by atoms with van der Waals surface area (Å²) in [6.45, 7) is 2.49. The van der Waals surface area contributed by atoms with Crippen molar-refractivity contribution >= 4 is 17.2 Å². The first-order valence-electron chi connectivity index (χ1n) is 9.50. The summed E-state index contributed by atoms with van der Waals surface area (Å²) in [6, 6.07) is 18.2. The van der Waals surface area contributed by atoms with Crippen LogP contribution in [0.2, 0.25) is 0 Å². The van der Waals surface area contributed by atoms with Crippen LogP contribution in [0.15, 0.2) is 65.4 Å². The third-order valence-electron chi connectivity index (χ3n) is 5.34. The highest BCUT2D eigenvalue weighted by Crippen LogP contribution is 2.28. The second kappa shape index (κ2) is 8.59. The van der Waals surface area contributed by atoms with E-state index >= 15 is 0 Å². The van der Waals surface area contributed by atoms with Gasteiger partial charge in [-0.1, -0.05) is 24.3 Å². The third kappa shape index (κ3) is 4.11. The second-order valence-corrected chi connectivity index (χ2v) is 7.78. The van der Waals surface area contributed by atoms with E-state index in [-0.39, 0.29) is 11.9 Å². The normalized spacial score (nSPS) is 14.9.